The van der Waals surface area contributed by atoms with E-state index in [0.29, 0.717) is 11.8 Å². The van der Waals surface area contributed by atoms with Crippen molar-refractivity contribution < 1.29 is 0 Å². The standard InChI is InChI=1S/C64H98N2/c1-4-7-10-13-16-19-22-25-28-31-62(56-37-45-60(65)46-38-56)54-33-41-58(42-34-54)64(51-49-53(50-52-64)30-27-24-21-18-15-12-9-6-3)59-43-35-55(36-44-59)63(57-39-47-61(66)48-40-57)32-29-26-23-20-17-14-11-8-5-2/h33-48,53,62-63H,4-32,49-52,65-66H2,1-3H3. The second kappa shape index (κ2) is 31.5. The van der Waals surface area contributed by atoms with Crippen LogP contribution in [0.3, 0.4) is 0 Å². The smallest absolute Gasteiger partial charge is 0.0314 e. The van der Waals surface area contributed by atoms with E-state index in [1.807, 2.05) is 0 Å². The highest BCUT2D eigenvalue weighted by Gasteiger charge is 2.38. The molecule has 0 amide bonds. The Morgan fingerprint density at radius 3 is 0.955 bits per heavy atom. The van der Waals surface area contributed by atoms with Crippen LogP contribution in [0, 0.1) is 5.92 Å². The van der Waals surface area contributed by atoms with Crippen LogP contribution in [0.5, 0.6) is 0 Å². The van der Waals surface area contributed by atoms with Gasteiger partial charge >= 0.3 is 0 Å². The Morgan fingerprint density at radius 1 is 0.364 bits per heavy atom. The molecule has 1 saturated carbocycles. The molecule has 4 aromatic rings. The van der Waals surface area contributed by atoms with E-state index in [0.717, 1.165) is 17.3 Å². The molecule has 2 unspecified atom stereocenters. The fraction of sp³-hybridized carbons (Fsp3) is 0.625. The third-order valence-corrected chi connectivity index (χ3v) is 16.0. The van der Waals surface area contributed by atoms with Gasteiger partial charge in [-0.25, -0.2) is 0 Å². The van der Waals surface area contributed by atoms with Gasteiger partial charge in [0.15, 0.2) is 0 Å². The molecule has 0 radical (unpaired) electrons. The van der Waals surface area contributed by atoms with E-state index in [1.54, 1.807) is 0 Å². The summed E-state index contributed by atoms with van der Waals surface area (Å²) < 4.78 is 0. The minimum Gasteiger partial charge on any atom is -0.399 e. The van der Waals surface area contributed by atoms with Crippen LogP contribution < -0.4 is 11.5 Å². The van der Waals surface area contributed by atoms with Crippen molar-refractivity contribution in [1.82, 2.24) is 0 Å². The summed E-state index contributed by atoms with van der Waals surface area (Å²) >= 11 is 0. The lowest BCUT2D eigenvalue weighted by Gasteiger charge is -2.42. The van der Waals surface area contributed by atoms with Crippen molar-refractivity contribution in [2.75, 3.05) is 11.5 Å². The maximum Gasteiger partial charge on any atom is 0.0314 e. The van der Waals surface area contributed by atoms with Gasteiger partial charge < -0.3 is 11.5 Å². The molecular weight excluding hydrogens is 797 g/mol. The van der Waals surface area contributed by atoms with Crippen molar-refractivity contribution in [3.05, 3.63) is 130 Å². The van der Waals surface area contributed by atoms with Crippen LogP contribution in [-0.4, -0.2) is 0 Å². The molecule has 2 atom stereocenters. The van der Waals surface area contributed by atoms with Crippen molar-refractivity contribution in [2.24, 2.45) is 5.92 Å². The maximum atomic E-state index is 6.22. The Hall–Kier alpha value is -3.52. The lowest BCUT2D eigenvalue weighted by molar-refractivity contribution is 0.250. The Morgan fingerprint density at radius 2 is 0.636 bits per heavy atom. The quantitative estimate of drug-likeness (QED) is 0.0357. The van der Waals surface area contributed by atoms with Crippen LogP contribution in [0.1, 0.15) is 278 Å². The number of rotatable bonds is 35. The molecule has 66 heavy (non-hydrogen) atoms. The fourth-order valence-electron chi connectivity index (χ4n) is 11.7. The van der Waals surface area contributed by atoms with E-state index < -0.39 is 0 Å². The predicted molar refractivity (Wildman–Crippen MR) is 292 cm³/mol. The van der Waals surface area contributed by atoms with Crippen LogP contribution in [0.25, 0.3) is 0 Å². The minimum atomic E-state index is 0.0501. The third-order valence-electron chi connectivity index (χ3n) is 16.0. The molecule has 0 saturated heterocycles. The monoisotopic (exact) mass is 895 g/mol. The van der Waals surface area contributed by atoms with E-state index >= 15 is 0 Å². The zero-order valence-corrected chi connectivity index (χ0v) is 43.0. The highest BCUT2D eigenvalue weighted by molar-refractivity contribution is 5.47. The van der Waals surface area contributed by atoms with E-state index in [-0.39, 0.29) is 5.41 Å². The molecule has 364 valence electrons. The molecule has 0 aliphatic heterocycles. The van der Waals surface area contributed by atoms with Gasteiger partial charge in [0.25, 0.3) is 0 Å². The van der Waals surface area contributed by atoms with Gasteiger partial charge in [0, 0.05) is 28.6 Å². The fourth-order valence-corrected chi connectivity index (χ4v) is 11.7. The predicted octanol–water partition coefficient (Wildman–Crippen LogP) is 20.0. The zero-order valence-electron chi connectivity index (χ0n) is 43.0. The molecule has 5 rings (SSSR count). The van der Waals surface area contributed by atoms with Crippen LogP contribution in [0.4, 0.5) is 11.4 Å². The van der Waals surface area contributed by atoms with Crippen LogP contribution >= 0.6 is 0 Å². The Bertz CT molecular complexity index is 1660. The van der Waals surface area contributed by atoms with Crippen LogP contribution in [-0.2, 0) is 5.41 Å². The highest BCUT2D eigenvalue weighted by atomic mass is 14.5. The van der Waals surface area contributed by atoms with Crippen molar-refractivity contribution in [2.45, 2.75) is 250 Å². The first-order valence-corrected chi connectivity index (χ1v) is 28.4. The molecule has 0 heterocycles. The number of anilines is 2. The summed E-state index contributed by atoms with van der Waals surface area (Å²) in [6.45, 7) is 6.94. The summed E-state index contributed by atoms with van der Waals surface area (Å²) in [4.78, 5) is 0. The van der Waals surface area contributed by atoms with E-state index in [4.69, 9.17) is 11.5 Å². The van der Waals surface area contributed by atoms with Gasteiger partial charge in [-0.15, -0.1) is 0 Å². The normalized spacial score (nSPS) is 17.2. The number of unbranched alkanes of at least 4 members (excludes halogenated alkanes) is 23. The SMILES string of the molecule is CCCCCCCCCCCC(c1ccc(N)cc1)c1ccc(C2(c3ccc(C(CCCCCCCCCCC)c4ccc(N)cc4)cc3)CCC(CCCCCCCCCC)CC2)cc1. The molecule has 1 aliphatic carbocycles. The summed E-state index contributed by atoms with van der Waals surface area (Å²) in [5.41, 5.74) is 23.0. The van der Waals surface area contributed by atoms with E-state index in [2.05, 4.69) is 118 Å². The zero-order chi connectivity index (χ0) is 46.5. The first-order valence-electron chi connectivity index (χ1n) is 28.4. The lowest BCUT2D eigenvalue weighted by Crippen LogP contribution is -2.33. The third kappa shape index (κ3) is 18.2. The van der Waals surface area contributed by atoms with Gasteiger partial charge in [-0.3, -0.25) is 0 Å². The lowest BCUT2D eigenvalue weighted by atomic mass is 9.62. The van der Waals surface area contributed by atoms with Crippen molar-refractivity contribution in [3.63, 3.8) is 0 Å². The van der Waals surface area contributed by atoms with Crippen LogP contribution in [0.15, 0.2) is 97.1 Å². The molecule has 1 fully saturated rings. The maximum absolute atomic E-state index is 6.22. The Balaban J connectivity index is 1.32. The van der Waals surface area contributed by atoms with E-state index in [9.17, 15) is 0 Å². The molecule has 1 aliphatic rings. The summed E-state index contributed by atoms with van der Waals surface area (Å²) in [6.07, 6.45) is 44.8. The molecule has 4 N–H and O–H groups in total. The van der Waals surface area contributed by atoms with E-state index in [1.165, 1.54) is 245 Å². The molecule has 2 heteroatoms. The first-order chi connectivity index (χ1) is 32.5. The van der Waals surface area contributed by atoms with Crippen molar-refractivity contribution >= 4 is 11.4 Å². The molecule has 0 spiro atoms. The first kappa shape index (κ1) is 53.4. The average molecular weight is 896 g/mol. The number of benzene rings is 4. The summed E-state index contributed by atoms with van der Waals surface area (Å²) in [6, 6.07) is 37.8. The molecule has 0 bridgehead atoms. The second-order valence-corrected chi connectivity index (χ2v) is 21.2. The van der Waals surface area contributed by atoms with Gasteiger partial charge in [-0.1, -0.05) is 267 Å². The number of nitrogens with two attached hydrogens (primary N) is 2. The Kier molecular flexibility index (Phi) is 25.5. The topological polar surface area (TPSA) is 52.0 Å². The average Bonchev–Trinajstić information content (AvgIpc) is 3.35. The molecule has 4 aromatic carbocycles. The highest BCUT2D eigenvalue weighted by Crippen LogP contribution is 2.48. The largest absolute Gasteiger partial charge is 0.399 e. The Labute approximate surface area is 407 Å². The summed E-state index contributed by atoms with van der Waals surface area (Å²) in [7, 11) is 0. The van der Waals surface area contributed by atoms with Gasteiger partial charge in [-0.05, 0) is 102 Å². The second-order valence-electron chi connectivity index (χ2n) is 21.2. The summed E-state index contributed by atoms with van der Waals surface area (Å²) in [5, 5.41) is 0. The molecule has 0 aromatic heterocycles. The number of nitrogen functional groups attached to an aromatic ring is 2. The molecule has 2 nitrogen and oxygen atoms in total. The van der Waals surface area contributed by atoms with Gasteiger partial charge in [0.2, 0.25) is 0 Å². The van der Waals surface area contributed by atoms with Crippen molar-refractivity contribution in [3.8, 4) is 0 Å². The van der Waals surface area contributed by atoms with Gasteiger partial charge in [0.05, 0.1) is 0 Å². The molecular formula is C64H98N2. The van der Waals surface area contributed by atoms with Crippen molar-refractivity contribution in [1.29, 1.82) is 0 Å². The number of hydrogen-bond donors (Lipinski definition) is 2. The number of hydrogen-bond acceptors (Lipinski definition) is 2. The summed E-state index contributed by atoms with van der Waals surface area (Å²) in [5.74, 6) is 1.66. The minimum absolute atomic E-state index is 0.0501. The van der Waals surface area contributed by atoms with Crippen LogP contribution in [0.2, 0.25) is 0 Å². The van der Waals surface area contributed by atoms with Gasteiger partial charge in [-0.2, -0.15) is 0 Å². The van der Waals surface area contributed by atoms with Gasteiger partial charge in [0.1, 0.15) is 0 Å².